The highest BCUT2D eigenvalue weighted by Gasteiger charge is 2.38. The fourth-order valence-corrected chi connectivity index (χ4v) is 3.29. The molecule has 0 aromatic carbocycles. The molecule has 8 heteroatoms. The quantitative estimate of drug-likeness (QED) is 0.824. The van der Waals surface area contributed by atoms with E-state index in [2.05, 4.69) is 9.97 Å². The summed E-state index contributed by atoms with van der Waals surface area (Å²) in [6.07, 6.45) is 3.79. The lowest BCUT2D eigenvalue weighted by Crippen LogP contribution is -2.47. The van der Waals surface area contributed by atoms with Gasteiger partial charge in [-0.2, -0.15) is 5.26 Å². The zero-order chi connectivity index (χ0) is 17.2. The van der Waals surface area contributed by atoms with E-state index in [9.17, 15) is 13.6 Å². The predicted octanol–water partition coefficient (Wildman–Crippen LogP) is 1.82. The number of nitrogens with zero attached hydrogens (tertiary/aromatic N) is 5. The Hall–Kier alpha value is -2.30. The molecule has 128 valence electrons. The average molecular weight is 335 g/mol. The number of alkyl halides is 2. The summed E-state index contributed by atoms with van der Waals surface area (Å²) in [6, 6.07) is 2.02. The zero-order valence-corrected chi connectivity index (χ0v) is 13.3. The van der Waals surface area contributed by atoms with E-state index in [1.165, 1.54) is 6.20 Å². The van der Waals surface area contributed by atoms with Crippen molar-refractivity contribution in [1.29, 1.82) is 5.26 Å². The van der Waals surface area contributed by atoms with Gasteiger partial charge in [-0.25, -0.2) is 18.7 Å². The Bertz CT molecular complexity index is 642. The Balaban J connectivity index is 1.57. The largest absolute Gasteiger partial charge is 0.354 e. The van der Waals surface area contributed by atoms with Crippen molar-refractivity contribution in [3.05, 3.63) is 18.1 Å². The van der Waals surface area contributed by atoms with Crippen molar-refractivity contribution in [2.24, 2.45) is 5.92 Å². The third-order valence-electron chi connectivity index (χ3n) is 4.74. The molecule has 2 aliphatic rings. The summed E-state index contributed by atoms with van der Waals surface area (Å²) in [5.41, 5.74) is 0.278. The van der Waals surface area contributed by atoms with E-state index in [0.717, 1.165) is 0 Å². The molecule has 6 nitrogen and oxygen atoms in total. The Labute approximate surface area is 139 Å². The van der Waals surface area contributed by atoms with Gasteiger partial charge in [0.25, 0.3) is 5.92 Å². The SMILES string of the molecule is N#Cc1nccnc1N1CCC(C(=O)N2CCC(F)(F)CC2)CC1. The van der Waals surface area contributed by atoms with Crippen LogP contribution in [-0.2, 0) is 4.79 Å². The summed E-state index contributed by atoms with van der Waals surface area (Å²) in [5.74, 6) is -2.26. The van der Waals surface area contributed by atoms with Gasteiger partial charge in [-0.1, -0.05) is 0 Å². The van der Waals surface area contributed by atoms with Crippen LogP contribution in [0.3, 0.4) is 0 Å². The number of likely N-dealkylation sites (tertiary alicyclic amines) is 1. The molecule has 0 saturated carbocycles. The number of anilines is 1. The normalized spacial score (nSPS) is 21.4. The van der Waals surface area contributed by atoms with Crippen LogP contribution in [0.25, 0.3) is 0 Å². The monoisotopic (exact) mass is 335 g/mol. The summed E-state index contributed by atoms with van der Waals surface area (Å²) in [5, 5.41) is 9.10. The molecule has 0 N–H and O–H groups in total. The van der Waals surface area contributed by atoms with E-state index in [4.69, 9.17) is 5.26 Å². The van der Waals surface area contributed by atoms with Crippen LogP contribution >= 0.6 is 0 Å². The molecule has 24 heavy (non-hydrogen) atoms. The van der Waals surface area contributed by atoms with Crippen LogP contribution in [0.2, 0.25) is 0 Å². The first-order valence-electron chi connectivity index (χ1n) is 8.13. The highest BCUT2D eigenvalue weighted by atomic mass is 19.3. The Morgan fingerprint density at radius 3 is 2.42 bits per heavy atom. The third kappa shape index (κ3) is 3.45. The average Bonchev–Trinajstić information content (AvgIpc) is 2.61. The van der Waals surface area contributed by atoms with Crippen molar-refractivity contribution in [3.8, 4) is 6.07 Å². The molecule has 1 aromatic rings. The third-order valence-corrected chi connectivity index (χ3v) is 4.74. The minimum Gasteiger partial charge on any atom is -0.354 e. The van der Waals surface area contributed by atoms with E-state index in [1.807, 2.05) is 11.0 Å². The minimum absolute atomic E-state index is 0.0233. The van der Waals surface area contributed by atoms with E-state index in [0.29, 0.717) is 31.7 Å². The van der Waals surface area contributed by atoms with Gasteiger partial charge >= 0.3 is 0 Å². The molecule has 0 bridgehead atoms. The number of nitriles is 1. The molecule has 1 amide bonds. The van der Waals surface area contributed by atoms with E-state index in [-0.39, 0.29) is 43.5 Å². The summed E-state index contributed by atoms with van der Waals surface area (Å²) in [6.45, 7) is 1.48. The van der Waals surface area contributed by atoms with Gasteiger partial charge in [0.1, 0.15) is 6.07 Å². The van der Waals surface area contributed by atoms with Gasteiger partial charge in [-0.15, -0.1) is 0 Å². The van der Waals surface area contributed by atoms with E-state index >= 15 is 0 Å². The number of rotatable bonds is 2. The van der Waals surface area contributed by atoms with Gasteiger partial charge in [0.2, 0.25) is 5.91 Å². The molecule has 2 fully saturated rings. The van der Waals surface area contributed by atoms with Gasteiger partial charge in [0.15, 0.2) is 11.5 Å². The molecule has 2 aliphatic heterocycles. The Kier molecular flexibility index (Phi) is 4.60. The lowest BCUT2D eigenvalue weighted by Gasteiger charge is -2.37. The molecule has 3 rings (SSSR count). The molecule has 2 saturated heterocycles. The van der Waals surface area contributed by atoms with Gasteiger partial charge in [-0.05, 0) is 12.8 Å². The number of aromatic nitrogens is 2. The number of carbonyl (C=O) groups excluding carboxylic acids is 1. The van der Waals surface area contributed by atoms with Gasteiger partial charge in [0.05, 0.1) is 0 Å². The standard InChI is InChI=1S/C16H19F2N5O/c17-16(18)3-9-23(10-4-16)15(24)12-1-7-22(8-2-12)14-13(11-19)20-5-6-21-14/h5-6,12H,1-4,7-10H2. The van der Waals surface area contributed by atoms with Crippen LogP contribution in [0.15, 0.2) is 12.4 Å². The van der Waals surface area contributed by atoms with Crippen LogP contribution in [0.4, 0.5) is 14.6 Å². The van der Waals surface area contributed by atoms with Gasteiger partial charge < -0.3 is 9.80 Å². The topological polar surface area (TPSA) is 73.1 Å². The lowest BCUT2D eigenvalue weighted by atomic mass is 9.94. The maximum absolute atomic E-state index is 13.2. The lowest BCUT2D eigenvalue weighted by molar-refractivity contribution is -0.142. The molecule has 0 unspecified atom stereocenters. The van der Waals surface area contributed by atoms with Crippen LogP contribution in [0, 0.1) is 17.2 Å². The predicted molar refractivity (Wildman–Crippen MR) is 82.4 cm³/mol. The summed E-state index contributed by atoms with van der Waals surface area (Å²) in [7, 11) is 0. The van der Waals surface area contributed by atoms with Crippen molar-refractivity contribution >= 4 is 11.7 Å². The maximum atomic E-state index is 13.2. The molecular formula is C16H19F2N5O. The molecule has 1 aromatic heterocycles. The molecular weight excluding hydrogens is 316 g/mol. The van der Waals surface area contributed by atoms with Crippen molar-refractivity contribution < 1.29 is 13.6 Å². The van der Waals surface area contributed by atoms with Gasteiger partial charge in [-0.3, -0.25) is 4.79 Å². The fraction of sp³-hybridized carbons (Fsp3) is 0.625. The second-order valence-corrected chi connectivity index (χ2v) is 6.28. The Morgan fingerprint density at radius 1 is 1.17 bits per heavy atom. The van der Waals surface area contributed by atoms with E-state index in [1.54, 1.807) is 11.1 Å². The number of hydrogen-bond acceptors (Lipinski definition) is 5. The van der Waals surface area contributed by atoms with Crippen LogP contribution < -0.4 is 4.90 Å². The van der Waals surface area contributed by atoms with E-state index < -0.39 is 5.92 Å². The number of halogens is 2. The maximum Gasteiger partial charge on any atom is 0.251 e. The van der Waals surface area contributed by atoms with Crippen LogP contribution in [0.1, 0.15) is 31.4 Å². The summed E-state index contributed by atoms with van der Waals surface area (Å²) in [4.78, 5) is 24.3. The summed E-state index contributed by atoms with van der Waals surface area (Å²) < 4.78 is 26.4. The molecule has 0 aliphatic carbocycles. The molecule has 0 radical (unpaired) electrons. The van der Waals surface area contributed by atoms with Crippen molar-refractivity contribution in [2.45, 2.75) is 31.6 Å². The summed E-state index contributed by atoms with van der Waals surface area (Å²) >= 11 is 0. The minimum atomic E-state index is -2.64. The second-order valence-electron chi connectivity index (χ2n) is 6.28. The van der Waals surface area contributed by atoms with Crippen LogP contribution in [-0.4, -0.2) is 52.9 Å². The number of hydrogen-bond donors (Lipinski definition) is 0. The first kappa shape index (κ1) is 16.6. The van der Waals surface area contributed by atoms with Gasteiger partial charge in [0, 0.05) is 57.3 Å². The number of carbonyl (C=O) groups is 1. The second kappa shape index (κ2) is 6.67. The highest BCUT2D eigenvalue weighted by molar-refractivity contribution is 5.79. The number of amides is 1. The highest BCUT2D eigenvalue weighted by Crippen LogP contribution is 2.30. The van der Waals surface area contributed by atoms with Crippen LogP contribution in [0.5, 0.6) is 0 Å². The first-order valence-corrected chi connectivity index (χ1v) is 8.13. The first-order chi connectivity index (χ1) is 11.5. The van der Waals surface area contributed by atoms with Crippen molar-refractivity contribution in [2.75, 3.05) is 31.1 Å². The van der Waals surface area contributed by atoms with Crippen molar-refractivity contribution in [1.82, 2.24) is 14.9 Å². The number of piperidine rings is 2. The fourth-order valence-electron chi connectivity index (χ4n) is 3.29. The molecule has 0 spiro atoms. The van der Waals surface area contributed by atoms with Crippen molar-refractivity contribution in [3.63, 3.8) is 0 Å². The smallest absolute Gasteiger partial charge is 0.251 e. The molecule has 3 heterocycles. The Morgan fingerprint density at radius 2 is 1.79 bits per heavy atom. The molecule has 0 atom stereocenters. The zero-order valence-electron chi connectivity index (χ0n) is 13.3.